The maximum absolute atomic E-state index is 14.1. The van der Waals surface area contributed by atoms with Crippen LogP contribution in [0.4, 0.5) is 4.39 Å². The van der Waals surface area contributed by atoms with Gasteiger partial charge in [-0.1, -0.05) is 42.5 Å². The maximum atomic E-state index is 14.1. The van der Waals surface area contributed by atoms with E-state index in [-0.39, 0.29) is 18.4 Å². The first-order valence-electron chi connectivity index (χ1n) is 11.8. The second kappa shape index (κ2) is 10.8. The number of hydrogen-bond donors (Lipinski definition) is 3. The lowest BCUT2D eigenvalue weighted by Crippen LogP contribution is -2.52. The van der Waals surface area contributed by atoms with Gasteiger partial charge in [0.1, 0.15) is 17.9 Å². The number of carboxylic acids is 1. The van der Waals surface area contributed by atoms with E-state index >= 15 is 0 Å². The molecule has 3 N–H and O–H groups in total. The number of amides is 2. The molecule has 0 unspecified atom stereocenters. The van der Waals surface area contributed by atoms with Gasteiger partial charge in [0.05, 0.1) is 11.2 Å². The zero-order valence-corrected chi connectivity index (χ0v) is 21.1. The Kier molecular flexibility index (Phi) is 8.21. The van der Waals surface area contributed by atoms with Gasteiger partial charge in [-0.2, -0.15) is 0 Å². The highest BCUT2D eigenvalue weighted by Gasteiger charge is 2.51. The highest BCUT2D eigenvalue weighted by atomic mass is 19.1. The fraction of sp³-hybridized carbons (Fsp3) is 0.423. The Morgan fingerprint density at radius 1 is 0.917 bits per heavy atom. The number of benzene rings is 2. The number of carbonyl (C=O) groups is 3. The number of carbonyl (C=O) groups excluding carboxylic acids is 2. The molecule has 3 rings (SSSR count). The van der Waals surface area contributed by atoms with E-state index in [2.05, 4.69) is 10.6 Å². The molecule has 1 aliphatic heterocycles. The second-order valence-corrected chi connectivity index (χ2v) is 9.98. The van der Waals surface area contributed by atoms with Gasteiger partial charge in [0.15, 0.2) is 0 Å². The molecule has 2 aromatic rings. The molecule has 2 amide bonds. The summed E-state index contributed by atoms with van der Waals surface area (Å²) < 4.78 is 26.2. The van der Waals surface area contributed by atoms with Crippen LogP contribution in [0.1, 0.15) is 45.7 Å². The summed E-state index contributed by atoms with van der Waals surface area (Å²) in [5.74, 6) is -2.95. The monoisotopic (exact) mass is 498 g/mol. The van der Waals surface area contributed by atoms with E-state index in [1.165, 1.54) is 25.1 Å². The molecule has 0 aliphatic carbocycles. The Morgan fingerprint density at radius 3 is 2.03 bits per heavy atom. The zero-order chi connectivity index (χ0) is 26.7. The number of halogens is 1. The summed E-state index contributed by atoms with van der Waals surface area (Å²) in [5.41, 5.74) is 0.734. The van der Waals surface area contributed by atoms with Crippen molar-refractivity contribution in [3.8, 4) is 0 Å². The highest BCUT2D eigenvalue weighted by molar-refractivity contribution is 6.62. The van der Waals surface area contributed by atoms with Crippen LogP contribution in [0.25, 0.3) is 0 Å². The van der Waals surface area contributed by atoms with Crippen molar-refractivity contribution in [1.82, 2.24) is 10.6 Å². The molecule has 1 heterocycles. The minimum Gasteiger partial charge on any atom is -0.480 e. The Bertz CT molecular complexity index is 1110. The number of nitrogens with one attached hydrogen (secondary N) is 2. The molecule has 2 aromatic carbocycles. The molecule has 36 heavy (non-hydrogen) atoms. The van der Waals surface area contributed by atoms with Gasteiger partial charge in [-0.25, -0.2) is 9.18 Å². The van der Waals surface area contributed by atoms with Crippen LogP contribution in [-0.4, -0.2) is 53.3 Å². The smallest absolute Gasteiger partial charge is 0.480 e. The number of hydrogen-bond acceptors (Lipinski definition) is 5. The summed E-state index contributed by atoms with van der Waals surface area (Å²) in [5, 5.41) is 14.7. The van der Waals surface area contributed by atoms with Gasteiger partial charge in [-0.05, 0) is 50.4 Å². The Morgan fingerprint density at radius 2 is 1.50 bits per heavy atom. The van der Waals surface area contributed by atoms with Crippen molar-refractivity contribution in [3.63, 3.8) is 0 Å². The van der Waals surface area contributed by atoms with Gasteiger partial charge in [0.2, 0.25) is 11.8 Å². The molecule has 1 saturated heterocycles. The predicted molar refractivity (Wildman–Crippen MR) is 133 cm³/mol. The molecule has 8 nitrogen and oxygen atoms in total. The summed E-state index contributed by atoms with van der Waals surface area (Å²) >= 11 is 0. The molecule has 10 heteroatoms. The van der Waals surface area contributed by atoms with Gasteiger partial charge in [-0.3, -0.25) is 9.59 Å². The van der Waals surface area contributed by atoms with Crippen LogP contribution >= 0.6 is 0 Å². The lowest BCUT2D eigenvalue weighted by molar-refractivity contribution is -0.142. The molecule has 1 fully saturated rings. The first-order chi connectivity index (χ1) is 16.8. The first kappa shape index (κ1) is 27.4. The van der Waals surface area contributed by atoms with Gasteiger partial charge in [0.25, 0.3) is 0 Å². The van der Waals surface area contributed by atoms with Crippen molar-refractivity contribution in [2.24, 2.45) is 0 Å². The number of carboxylic acid groups (broad SMARTS) is 1. The van der Waals surface area contributed by atoms with Crippen molar-refractivity contribution in [2.45, 2.75) is 70.7 Å². The van der Waals surface area contributed by atoms with Crippen LogP contribution in [0.2, 0.25) is 0 Å². The normalized spacial score (nSPS) is 17.8. The molecule has 0 aromatic heterocycles. The van der Waals surface area contributed by atoms with Crippen LogP contribution in [0, 0.1) is 5.82 Å². The van der Waals surface area contributed by atoms with Crippen LogP contribution in [0.5, 0.6) is 0 Å². The molecule has 2 atom stereocenters. The lowest BCUT2D eigenvalue weighted by Gasteiger charge is -2.32. The van der Waals surface area contributed by atoms with Crippen LogP contribution in [-0.2, 0) is 36.5 Å². The van der Waals surface area contributed by atoms with E-state index in [1.54, 1.807) is 30.3 Å². The van der Waals surface area contributed by atoms with Gasteiger partial charge < -0.3 is 25.0 Å². The van der Waals surface area contributed by atoms with E-state index in [0.29, 0.717) is 5.56 Å². The third-order valence-corrected chi connectivity index (χ3v) is 6.64. The quantitative estimate of drug-likeness (QED) is 0.456. The molecule has 0 saturated carbocycles. The summed E-state index contributed by atoms with van der Waals surface area (Å²) in [4.78, 5) is 36.5. The average Bonchev–Trinajstić information content (AvgIpc) is 3.01. The second-order valence-electron chi connectivity index (χ2n) is 9.98. The van der Waals surface area contributed by atoms with Gasteiger partial charge >= 0.3 is 13.1 Å². The summed E-state index contributed by atoms with van der Waals surface area (Å²) in [7, 11) is -0.546. The topological polar surface area (TPSA) is 114 Å². The summed E-state index contributed by atoms with van der Waals surface area (Å²) in [6, 6.07) is 10.6. The van der Waals surface area contributed by atoms with Crippen LogP contribution in [0.3, 0.4) is 0 Å². The molecular formula is C26H32BFN2O6. The Labute approximate surface area is 210 Å². The fourth-order valence-corrected chi connectivity index (χ4v) is 3.84. The van der Waals surface area contributed by atoms with E-state index in [0.717, 1.165) is 5.46 Å². The third-order valence-electron chi connectivity index (χ3n) is 6.64. The van der Waals surface area contributed by atoms with E-state index in [9.17, 15) is 23.9 Å². The van der Waals surface area contributed by atoms with Crippen LogP contribution < -0.4 is 16.1 Å². The van der Waals surface area contributed by atoms with E-state index < -0.39 is 54.0 Å². The molecule has 192 valence electrons. The summed E-state index contributed by atoms with van der Waals surface area (Å²) in [6.07, 6.45) is -0.107. The third kappa shape index (κ3) is 6.50. The molecule has 0 spiro atoms. The number of rotatable bonds is 9. The Balaban J connectivity index is 1.69. The van der Waals surface area contributed by atoms with Gasteiger partial charge in [0, 0.05) is 19.8 Å². The molecule has 1 aliphatic rings. The molecule has 0 bridgehead atoms. The van der Waals surface area contributed by atoms with E-state index in [1.807, 2.05) is 27.7 Å². The molecular weight excluding hydrogens is 466 g/mol. The summed E-state index contributed by atoms with van der Waals surface area (Å²) in [6.45, 7) is 9.07. The van der Waals surface area contributed by atoms with Crippen molar-refractivity contribution in [2.75, 3.05) is 0 Å². The minimum absolute atomic E-state index is 0.0111. The lowest BCUT2D eigenvalue weighted by atomic mass is 9.78. The maximum Gasteiger partial charge on any atom is 0.494 e. The zero-order valence-electron chi connectivity index (χ0n) is 21.1. The predicted octanol–water partition coefficient (Wildman–Crippen LogP) is 1.98. The fourth-order valence-electron chi connectivity index (χ4n) is 3.84. The number of aliphatic carboxylic acids is 1. The van der Waals surface area contributed by atoms with E-state index in [4.69, 9.17) is 9.31 Å². The highest BCUT2D eigenvalue weighted by Crippen LogP contribution is 2.36. The molecule has 0 radical (unpaired) electrons. The van der Waals surface area contributed by atoms with Crippen molar-refractivity contribution in [1.29, 1.82) is 0 Å². The minimum atomic E-state index is -1.25. The average molecular weight is 498 g/mol. The largest absolute Gasteiger partial charge is 0.494 e. The van der Waals surface area contributed by atoms with Crippen molar-refractivity contribution >= 4 is 30.4 Å². The van der Waals surface area contributed by atoms with Crippen molar-refractivity contribution in [3.05, 3.63) is 65.5 Å². The van der Waals surface area contributed by atoms with Crippen molar-refractivity contribution < 1.29 is 33.2 Å². The standard InChI is InChI=1S/C26H32BFN2O6/c1-16(31)29-21(15-18-8-6-7-9-20(18)28)23(32)30-22(24(33)34)14-17-10-12-19(13-11-17)27-35-25(2,3)26(4,5)36-27/h6-13,21-22H,14-15H2,1-5H3,(H,29,31)(H,30,32)(H,33,34)/t21-,22+/m0/s1. The first-order valence-corrected chi connectivity index (χ1v) is 11.8. The SMILES string of the molecule is CC(=O)N[C@@H](Cc1ccccc1F)C(=O)N[C@H](Cc1ccc(B2OC(C)(C)C(C)(C)O2)cc1)C(=O)O. The van der Waals surface area contributed by atoms with Crippen LogP contribution in [0.15, 0.2) is 48.5 Å². The van der Waals surface area contributed by atoms with Gasteiger partial charge in [-0.15, -0.1) is 0 Å². The Hall–Kier alpha value is -3.24.